The van der Waals surface area contributed by atoms with Crippen molar-refractivity contribution >= 4 is 23.7 Å². The van der Waals surface area contributed by atoms with Crippen molar-refractivity contribution in [2.75, 3.05) is 11.9 Å². The number of ether oxygens (including phenoxy) is 1. The Kier molecular flexibility index (Phi) is 3.78. The van der Waals surface area contributed by atoms with Crippen LogP contribution in [0.5, 0.6) is 0 Å². The summed E-state index contributed by atoms with van der Waals surface area (Å²) in [6.45, 7) is 3.31. The second-order valence-corrected chi connectivity index (χ2v) is 4.59. The first-order valence-corrected chi connectivity index (χ1v) is 6.36. The fourth-order valence-electron chi connectivity index (χ4n) is 1.88. The van der Waals surface area contributed by atoms with E-state index in [2.05, 4.69) is 5.32 Å². The Morgan fingerprint density at radius 3 is 2.50 bits per heavy atom. The zero-order valence-electron chi connectivity index (χ0n) is 11.3. The van der Waals surface area contributed by atoms with E-state index in [9.17, 15) is 14.4 Å². The van der Waals surface area contributed by atoms with Gasteiger partial charge in [0.2, 0.25) is 11.8 Å². The van der Waals surface area contributed by atoms with Gasteiger partial charge in [-0.3, -0.25) is 14.9 Å². The molecule has 20 heavy (non-hydrogen) atoms. The minimum Gasteiger partial charge on any atom is -0.462 e. The summed E-state index contributed by atoms with van der Waals surface area (Å²) < 4.78 is 10.1. The lowest BCUT2D eigenvalue weighted by molar-refractivity contribution is -0.117. The van der Waals surface area contributed by atoms with Crippen LogP contribution in [0.2, 0.25) is 0 Å². The van der Waals surface area contributed by atoms with Gasteiger partial charge in [-0.05, 0) is 26.7 Å². The molecular weight excluding hydrogens is 264 g/mol. The standard InChI is InChI=1S/C13H16N2O5/c1-3-19-13(18)8-6(2)20-12(9(8)10(14)16)15-11(17)7-4-5-7/h7H,3-5H2,1-2H3,(H2,14,16)(H,15,17). The Balaban J connectivity index is 2.36. The van der Waals surface area contributed by atoms with Crippen LogP contribution in [-0.2, 0) is 9.53 Å². The van der Waals surface area contributed by atoms with Crippen molar-refractivity contribution in [1.29, 1.82) is 0 Å². The van der Waals surface area contributed by atoms with Gasteiger partial charge in [0.15, 0.2) is 0 Å². The fourth-order valence-corrected chi connectivity index (χ4v) is 1.88. The van der Waals surface area contributed by atoms with Crippen molar-refractivity contribution in [3.63, 3.8) is 0 Å². The number of nitrogens with one attached hydrogen (secondary N) is 1. The highest BCUT2D eigenvalue weighted by Crippen LogP contribution is 2.33. The smallest absolute Gasteiger partial charge is 0.342 e. The number of aryl methyl sites for hydroxylation is 1. The number of esters is 1. The topological polar surface area (TPSA) is 112 Å². The lowest BCUT2D eigenvalue weighted by Crippen LogP contribution is -2.20. The summed E-state index contributed by atoms with van der Waals surface area (Å²) in [4.78, 5) is 35.1. The number of carbonyl (C=O) groups is 3. The Labute approximate surface area is 115 Å². The van der Waals surface area contributed by atoms with Gasteiger partial charge < -0.3 is 14.9 Å². The van der Waals surface area contributed by atoms with Gasteiger partial charge in [0, 0.05) is 5.92 Å². The van der Waals surface area contributed by atoms with Crippen LogP contribution in [0.1, 0.15) is 46.2 Å². The van der Waals surface area contributed by atoms with Crippen LogP contribution < -0.4 is 11.1 Å². The third kappa shape index (κ3) is 2.66. The number of amides is 2. The van der Waals surface area contributed by atoms with Gasteiger partial charge in [0.05, 0.1) is 6.61 Å². The number of rotatable bonds is 5. The van der Waals surface area contributed by atoms with Crippen LogP contribution in [0.25, 0.3) is 0 Å². The quantitative estimate of drug-likeness (QED) is 0.787. The lowest BCUT2D eigenvalue weighted by Gasteiger charge is -2.03. The van der Waals surface area contributed by atoms with Crippen LogP contribution in [0, 0.1) is 12.8 Å². The van der Waals surface area contributed by atoms with E-state index in [-0.39, 0.29) is 41.2 Å². The van der Waals surface area contributed by atoms with Gasteiger partial charge in [-0.15, -0.1) is 0 Å². The molecule has 7 heteroatoms. The number of furan rings is 1. The molecule has 0 aromatic carbocycles. The molecule has 2 amide bonds. The fraction of sp³-hybridized carbons (Fsp3) is 0.462. The summed E-state index contributed by atoms with van der Waals surface area (Å²) in [6, 6.07) is 0. The molecule has 0 atom stereocenters. The zero-order valence-corrected chi connectivity index (χ0v) is 11.3. The predicted octanol–water partition coefficient (Wildman–Crippen LogP) is 1.21. The first-order chi connectivity index (χ1) is 9.45. The number of anilines is 1. The minimum absolute atomic E-state index is 0.0366. The molecule has 3 N–H and O–H groups in total. The van der Waals surface area contributed by atoms with Gasteiger partial charge >= 0.3 is 5.97 Å². The van der Waals surface area contributed by atoms with Crippen molar-refractivity contribution in [2.24, 2.45) is 11.7 Å². The molecule has 1 aromatic heterocycles. The van der Waals surface area contributed by atoms with Crippen molar-refractivity contribution < 1.29 is 23.5 Å². The van der Waals surface area contributed by atoms with E-state index < -0.39 is 11.9 Å². The zero-order chi connectivity index (χ0) is 14.9. The first-order valence-electron chi connectivity index (χ1n) is 6.36. The van der Waals surface area contributed by atoms with Crippen LogP contribution in [0.15, 0.2) is 4.42 Å². The maximum Gasteiger partial charge on any atom is 0.342 e. The van der Waals surface area contributed by atoms with Crippen LogP contribution in [0.4, 0.5) is 5.88 Å². The summed E-state index contributed by atoms with van der Waals surface area (Å²) in [6.07, 6.45) is 1.62. The largest absolute Gasteiger partial charge is 0.462 e. The van der Waals surface area contributed by atoms with E-state index in [1.165, 1.54) is 6.92 Å². The second kappa shape index (κ2) is 5.36. The molecule has 1 aliphatic carbocycles. The summed E-state index contributed by atoms with van der Waals surface area (Å²) >= 11 is 0. The van der Waals surface area contributed by atoms with Crippen molar-refractivity contribution in [1.82, 2.24) is 0 Å². The number of hydrogen-bond donors (Lipinski definition) is 2. The van der Waals surface area contributed by atoms with Gasteiger partial charge in [-0.25, -0.2) is 4.79 Å². The third-order valence-electron chi connectivity index (χ3n) is 3.00. The maximum absolute atomic E-state index is 11.8. The van der Waals surface area contributed by atoms with E-state index in [0.29, 0.717) is 0 Å². The van der Waals surface area contributed by atoms with Gasteiger partial charge in [0.25, 0.3) is 5.91 Å². The average molecular weight is 280 g/mol. The second-order valence-electron chi connectivity index (χ2n) is 4.59. The van der Waals surface area contributed by atoms with Gasteiger partial charge in [-0.1, -0.05) is 0 Å². The highest BCUT2D eigenvalue weighted by Gasteiger charge is 2.33. The molecule has 1 heterocycles. The highest BCUT2D eigenvalue weighted by molar-refractivity contribution is 6.10. The minimum atomic E-state index is -0.851. The van der Waals surface area contributed by atoms with Crippen LogP contribution >= 0.6 is 0 Å². The Hall–Kier alpha value is -2.31. The molecule has 7 nitrogen and oxygen atoms in total. The summed E-state index contributed by atoms with van der Waals surface area (Å²) in [7, 11) is 0. The Bertz CT molecular complexity index is 572. The SMILES string of the molecule is CCOC(=O)c1c(C)oc(NC(=O)C2CC2)c1C(N)=O. The molecule has 2 rings (SSSR count). The highest BCUT2D eigenvalue weighted by atomic mass is 16.5. The number of carbonyl (C=O) groups excluding carboxylic acids is 3. The van der Waals surface area contributed by atoms with Crippen LogP contribution in [-0.4, -0.2) is 24.4 Å². The number of primary amides is 1. The summed E-state index contributed by atoms with van der Waals surface area (Å²) in [5.74, 6) is -1.76. The molecular formula is C13H16N2O5. The van der Waals surface area contributed by atoms with Gasteiger partial charge in [0.1, 0.15) is 16.9 Å². The molecule has 1 fully saturated rings. The van der Waals surface area contributed by atoms with Crippen LogP contribution in [0.3, 0.4) is 0 Å². The van der Waals surface area contributed by atoms with E-state index in [1.54, 1.807) is 6.92 Å². The average Bonchev–Trinajstić information content (AvgIpc) is 3.14. The molecule has 0 aliphatic heterocycles. The summed E-state index contributed by atoms with van der Waals surface area (Å²) in [5.41, 5.74) is 5.09. The van der Waals surface area contributed by atoms with Gasteiger partial charge in [-0.2, -0.15) is 0 Å². The molecule has 0 spiro atoms. The first kappa shape index (κ1) is 14.1. The van der Waals surface area contributed by atoms with Crippen molar-refractivity contribution in [3.05, 3.63) is 16.9 Å². The Morgan fingerprint density at radius 2 is 2.00 bits per heavy atom. The normalized spacial score (nSPS) is 13.9. The number of nitrogens with two attached hydrogens (primary N) is 1. The molecule has 0 radical (unpaired) electrons. The Morgan fingerprint density at radius 1 is 1.35 bits per heavy atom. The molecule has 108 valence electrons. The number of hydrogen-bond acceptors (Lipinski definition) is 5. The third-order valence-corrected chi connectivity index (χ3v) is 3.00. The van der Waals surface area contributed by atoms with E-state index in [0.717, 1.165) is 12.8 Å². The molecule has 0 unspecified atom stereocenters. The lowest BCUT2D eigenvalue weighted by atomic mass is 10.1. The molecule has 1 aromatic rings. The molecule has 1 aliphatic rings. The molecule has 1 saturated carbocycles. The molecule has 0 bridgehead atoms. The van der Waals surface area contributed by atoms with Crippen molar-refractivity contribution in [2.45, 2.75) is 26.7 Å². The van der Waals surface area contributed by atoms with E-state index in [4.69, 9.17) is 14.9 Å². The maximum atomic E-state index is 11.8. The van der Waals surface area contributed by atoms with E-state index in [1.807, 2.05) is 0 Å². The predicted molar refractivity (Wildman–Crippen MR) is 69.3 cm³/mol. The van der Waals surface area contributed by atoms with E-state index >= 15 is 0 Å². The summed E-state index contributed by atoms with van der Waals surface area (Å²) in [5, 5.41) is 2.50. The van der Waals surface area contributed by atoms with Crippen molar-refractivity contribution in [3.8, 4) is 0 Å². The molecule has 0 saturated heterocycles. The monoisotopic (exact) mass is 280 g/mol.